The standard InChI is InChI=1S/C26H27Cl2F3N6O2/c1-16(2)35-9-11-36(12-10-35)22-6-4-19(14-21(22)28)33-24-32-8-7-23(34-24)37(25(38)39)15-17-13-18(26(29,30)31)3-5-20(17)27/h3-8,13-14,16H,9-12,15H2,1-2H3,(H,38,39)(H,32,33,34)/p-1. The number of nitrogens with zero attached hydrogens (tertiary/aromatic N) is 5. The molecule has 4 rings (SSSR count). The Bertz CT molecular complexity index is 1330. The fourth-order valence-electron chi connectivity index (χ4n) is 4.29. The van der Waals surface area contributed by atoms with Gasteiger partial charge in [0.15, 0.2) is 0 Å². The highest BCUT2D eigenvalue weighted by Gasteiger charge is 2.31. The molecule has 0 bridgehead atoms. The second-order valence-electron chi connectivity index (χ2n) is 9.30. The zero-order valence-electron chi connectivity index (χ0n) is 21.2. The number of halogens is 5. The minimum absolute atomic E-state index is 0.0259. The molecule has 208 valence electrons. The van der Waals surface area contributed by atoms with E-state index in [2.05, 4.69) is 38.9 Å². The number of amides is 1. The molecule has 1 fully saturated rings. The van der Waals surface area contributed by atoms with E-state index in [1.165, 1.54) is 12.3 Å². The van der Waals surface area contributed by atoms with E-state index in [0.717, 1.165) is 50.1 Å². The van der Waals surface area contributed by atoms with Gasteiger partial charge in [-0.1, -0.05) is 23.2 Å². The van der Waals surface area contributed by atoms with Crippen LogP contribution in [0.1, 0.15) is 25.0 Å². The molecule has 0 radical (unpaired) electrons. The van der Waals surface area contributed by atoms with E-state index < -0.39 is 24.4 Å². The Labute approximate surface area is 234 Å². The number of hydrogen-bond acceptors (Lipinski definition) is 7. The van der Waals surface area contributed by atoms with Crippen LogP contribution in [0.2, 0.25) is 10.0 Å². The molecule has 2 heterocycles. The number of piperazine rings is 1. The van der Waals surface area contributed by atoms with Crippen molar-refractivity contribution in [1.82, 2.24) is 14.9 Å². The first-order valence-electron chi connectivity index (χ1n) is 12.1. The van der Waals surface area contributed by atoms with Gasteiger partial charge >= 0.3 is 6.18 Å². The molecular formula is C26H26Cl2F3N6O2-. The number of carboxylic acid groups (broad SMARTS) is 1. The molecule has 0 spiro atoms. The molecule has 0 atom stereocenters. The van der Waals surface area contributed by atoms with Gasteiger partial charge in [0.25, 0.3) is 0 Å². The fourth-order valence-corrected chi connectivity index (χ4v) is 4.77. The Kier molecular flexibility index (Phi) is 8.73. The summed E-state index contributed by atoms with van der Waals surface area (Å²) in [5.74, 6) is -0.0463. The molecule has 0 saturated carbocycles. The first-order valence-corrected chi connectivity index (χ1v) is 12.9. The molecule has 1 aliphatic heterocycles. The largest absolute Gasteiger partial charge is 0.530 e. The van der Waals surface area contributed by atoms with E-state index in [1.54, 1.807) is 6.07 Å². The first kappa shape index (κ1) is 28.7. The second-order valence-corrected chi connectivity index (χ2v) is 10.1. The molecule has 2 aromatic carbocycles. The van der Waals surface area contributed by atoms with E-state index in [4.69, 9.17) is 23.2 Å². The number of nitrogens with one attached hydrogen (secondary N) is 1. The predicted molar refractivity (Wildman–Crippen MR) is 144 cm³/mol. The summed E-state index contributed by atoms with van der Waals surface area (Å²) in [6, 6.07) is 9.90. The summed E-state index contributed by atoms with van der Waals surface area (Å²) in [4.78, 5) is 25.5. The SMILES string of the molecule is CC(C)N1CCN(c2ccc(Nc3nccc(N(Cc4cc(C(F)(F)F)ccc4Cl)C(=O)[O-])n3)cc2Cl)CC1. The van der Waals surface area contributed by atoms with Crippen molar-refractivity contribution in [3.05, 3.63) is 69.8 Å². The number of aromatic nitrogens is 2. The van der Waals surface area contributed by atoms with Crippen molar-refractivity contribution in [2.45, 2.75) is 32.6 Å². The average Bonchev–Trinajstić information content (AvgIpc) is 2.87. The number of carbonyl (C=O) groups excluding carboxylic acids is 1. The van der Waals surface area contributed by atoms with Gasteiger partial charge < -0.3 is 25.0 Å². The fraction of sp³-hybridized carbons (Fsp3) is 0.346. The number of hydrogen-bond donors (Lipinski definition) is 1. The van der Waals surface area contributed by atoms with Crippen LogP contribution in [0.5, 0.6) is 0 Å². The van der Waals surface area contributed by atoms with E-state index in [1.807, 2.05) is 12.1 Å². The summed E-state index contributed by atoms with van der Waals surface area (Å²) < 4.78 is 39.5. The van der Waals surface area contributed by atoms with Crippen molar-refractivity contribution in [1.29, 1.82) is 0 Å². The van der Waals surface area contributed by atoms with Crippen LogP contribution < -0.4 is 20.2 Å². The molecule has 0 unspecified atom stereocenters. The molecule has 3 aromatic rings. The summed E-state index contributed by atoms with van der Waals surface area (Å²) in [7, 11) is 0. The summed E-state index contributed by atoms with van der Waals surface area (Å²) in [5.41, 5.74) is 0.469. The Balaban J connectivity index is 1.50. The van der Waals surface area contributed by atoms with Gasteiger partial charge in [0.1, 0.15) is 11.9 Å². The van der Waals surface area contributed by atoms with Crippen LogP contribution in [-0.4, -0.2) is 53.2 Å². The van der Waals surface area contributed by atoms with Crippen molar-refractivity contribution < 1.29 is 23.1 Å². The monoisotopic (exact) mass is 581 g/mol. The minimum atomic E-state index is -4.61. The number of anilines is 4. The molecular weight excluding hydrogens is 556 g/mol. The Morgan fingerprint density at radius 1 is 1.08 bits per heavy atom. The molecule has 1 saturated heterocycles. The average molecular weight is 582 g/mol. The Morgan fingerprint density at radius 3 is 2.41 bits per heavy atom. The number of carbonyl (C=O) groups is 1. The zero-order chi connectivity index (χ0) is 28.3. The molecule has 1 aliphatic rings. The zero-order valence-corrected chi connectivity index (χ0v) is 22.7. The predicted octanol–water partition coefficient (Wildman–Crippen LogP) is 5.43. The van der Waals surface area contributed by atoms with Crippen molar-refractivity contribution in [3.63, 3.8) is 0 Å². The van der Waals surface area contributed by atoms with Crippen molar-refractivity contribution in [3.8, 4) is 0 Å². The van der Waals surface area contributed by atoms with Gasteiger partial charge in [0.05, 0.1) is 22.8 Å². The lowest BCUT2D eigenvalue weighted by molar-refractivity contribution is -0.246. The molecule has 1 amide bonds. The molecule has 1 N–H and O–H groups in total. The lowest BCUT2D eigenvalue weighted by Gasteiger charge is -2.38. The summed E-state index contributed by atoms with van der Waals surface area (Å²) >= 11 is 12.6. The summed E-state index contributed by atoms with van der Waals surface area (Å²) in [5, 5.41) is 15.4. The Morgan fingerprint density at radius 2 is 1.79 bits per heavy atom. The Hall–Kier alpha value is -3.28. The van der Waals surface area contributed by atoms with Crippen molar-refractivity contribution in [2.75, 3.05) is 41.3 Å². The maximum atomic E-state index is 13.2. The molecule has 8 nitrogen and oxygen atoms in total. The van der Waals surface area contributed by atoms with Gasteiger partial charge in [-0.3, -0.25) is 4.90 Å². The van der Waals surface area contributed by atoms with Gasteiger partial charge in [-0.2, -0.15) is 18.2 Å². The number of benzene rings is 2. The summed E-state index contributed by atoms with van der Waals surface area (Å²) in [6.07, 6.45) is -4.96. The molecule has 13 heteroatoms. The summed E-state index contributed by atoms with van der Waals surface area (Å²) in [6.45, 7) is 7.42. The van der Waals surface area contributed by atoms with Gasteiger partial charge in [-0.05, 0) is 61.9 Å². The first-order chi connectivity index (χ1) is 18.4. The lowest BCUT2D eigenvalue weighted by Crippen LogP contribution is -2.49. The highest BCUT2D eigenvalue weighted by atomic mass is 35.5. The van der Waals surface area contributed by atoms with Crippen molar-refractivity contribution >= 4 is 52.4 Å². The topological polar surface area (TPSA) is 87.7 Å². The number of alkyl halides is 3. The van der Waals surface area contributed by atoms with Gasteiger partial charge in [-0.15, -0.1) is 0 Å². The second kappa shape index (κ2) is 11.8. The van der Waals surface area contributed by atoms with Crippen molar-refractivity contribution in [2.24, 2.45) is 0 Å². The van der Waals surface area contributed by atoms with Crippen LogP contribution in [0.3, 0.4) is 0 Å². The smallest absolute Gasteiger partial charge is 0.416 e. The van der Waals surface area contributed by atoms with Crippen LogP contribution in [-0.2, 0) is 12.7 Å². The highest BCUT2D eigenvalue weighted by molar-refractivity contribution is 6.33. The van der Waals surface area contributed by atoms with Gasteiger partial charge in [0, 0.05) is 49.1 Å². The highest BCUT2D eigenvalue weighted by Crippen LogP contribution is 2.33. The maximum absolute atomic E-state index is 13.2. The molecule has 1 aromatic heterocycles. The lowest BCUT2D eigenvalue weighted by atomic mass is 10.1. The normalized spacial score (nSPS) is 14.5. The van der Waals surface area contributed by atoms with Crippen LogP contribution >= 0.6 is 23.2 Å². The van der Waals surface area contributed by atoms with Gasteiger partial charge in [-0.25, -0.2) is 4.98 Å². The van der Waals surface area contributed by atoms with Crippen LogP contribution in [0.4, 0.5) is 41.1 Å². The molecule has 0 aliphatic carbocycles. The third kappa shape index (κ3) is 7.03. The van der Waals surface area contributed by atoms with E-state index >= 15 is 0 Å². The van der Waals surface area contributed by atoms with E-state index in [0.29, 0.717) is 21.7 Å². The van der Waals surface area contributed by atoms with Crippen LogP contribution in [0.15, 0.2) is 48.7 Å². The third-order valence-corrected chi connectivity index (χ3v) is 7.10. The van der Waals surface area contributed by atoms with E-state index in [9.17, 15) is 23.1 Å². The third-order valence-electron chi connectivity index (χ3n) is 6.43. The molecule has 39 heavy (non-hydrogen) atoms. The van der Waals surface area contributed by atoms with E-state index in [-0.39, 0.29) is 22.4 Å². The maximum Gasteiger partial charge on any atom is 0.416 e. The van der Waals surface area contributed by atoms with Crippen LogP contribution in [0, 0.1) is 0 Å². The van der Waals surface area contributed by atoms with Gasteiger partial charge in [0.2, 0.25) is 5.95 Å². The quantitative estimate of drug-likeness (QED) is 0.398. The van der Waals surface area contributed by atoms with Crippen LogP contribution in [0.25, 0.3) is 0 Å². The minimum Gasteiger partial charge on any atom is -0.530 e. The number of rotatable bonds is 7.